The first kappa shape index (κ1) is 13.8. The van der Waals surface area contributed by atoms with Crippen molar-refractivity contribution in [3.05, 3.63) is 47.3 Å². The third-order valence-corrected chi connectivity index (χ3v) is 5.14. The predicted molar refractivity (Wildman–Crippen MR) is 84.9 cm³/mol. The topological polar surface area (TPSA) is 32.3 Å². The highest BCUT2D eigenvalue weighted by atomic mass is 32.1. The second-order valence-corrected chi connectivity index (χ2v) is 6.84. The van der Waals surface area contributed by atoms with Gasteiger partial charge in [0, 0.05) is 22.8 Å². The summed E-state index contributed by atoms with van der Waals surface area (Å²) >= 11 is 1.82. The summed E-state index contributed by atoms with van der Waals surface area (Å²) in [5, 5.41) is 13.7. The van der Waals surface area contributed by atoms with Crippen LogP contribution in [0.15, 0.2) is 42.5 Å². The fraction of sp³-hybridized carbons (Fsp3) is 0.412. The molecule has 20 heavy (non-hydrogen) atoms. The summed E-state index contributed by atoms with van der Waals surface area (Å²) in [6, 6.07) is 14.8. The fourth-order valence-corrected chi connectivity index (χ4v) is 3.84. The van der Waals surface area contributed by atoms with E-state index in [0.717, 1.165) is 32.2 Å². The van der Waals surface area contributed by atoms with Crippen LogP contribution in [0.3, 0.4) is 0 Å². The van der Waals surface area contributed by atoms with Gasteiger partial charge in [-0.05, 0) is 30.5 Å². The Morgan fingerprint density at radius 2 is 1.80 bits per heavy atom. The average Bonchev–Trinajstić information content (AvgIpc) is 3.10. The van der Waals surface area contributed by atoms with Crippen LogP contribution in [-0.4, -0.2) is 17.3 Å². The smallest absolute Gasteiger partial charge is 0.0771 e. The van der Waals surface area contributed by atoms with Crippen molar-refractivity contribution in [2.75, 3.05) is 6.54 Å². The van der Waals surface area contributed by atoms with E-state index in [-0.39, 0.29) is 0 Å². The Labute approximate surface area is 124 Å². The van der Waals surface area contributed by atoms with Crippen LogP contribution < -0.4 is 5.32 Å². The third kappa shape index (κ3) is 3.29. The molecule has 1 aromatic carbocycles. The van der Waals surface area contributed by atoms with Crippen molar-refractivity contribution in [1.29, 1.82) is 0 Å². The van der Waals surface area contributed by atoms with E-state index in [1.807, 2.05) is 17.4 Å². The molecule has 2 aromatic rings. The van der Waals surface area contributed by atoms with Gasteiger partial charge in [0.1, 0.15) is 0 Å². The van der Waals surface area contributed by atoms with Gasteiger partial charge in [-0.1, -0.05) is 43.2 Å². The molecule has 0 amide bonds. The van der Waals surface area contributed by atoms with Crippen LogP contribution in [0.1, 0.15) is 30.6 Å². The fourth-order valence-electron chi connectivity index (χ4n) is 2.86. The second kappa shape index (κ2) is 6.08. The minimum Gasteiger partial charge on any atom is -0.389 e. The van der Waals surface area contributed by atoms with Crippen LogP contribution in [0.5, 0.6) is 0 Å². The summed E-state index contributed by atoms with van der Waals surface area (Å²) in [6.07, 6.45) is 4.21. The largest absolute Gasteiger partial charge is 0.389 e. The average molecular weight is 287 g/mol. The number of aliphatic hydroxyl groups is 1. The molecule has 0 atom stereocenters. The number of nitrogens with one attached hydrogen (secondary N) is 1. The van der Waals surface area contributed by atoms with E-state index in [2.05, 4.69) is 41.7 Å². The standard InChI is InChI=1S/C17H21NOS/c19-17(10-4-5-11-17)13-18-12-15-8-9-16(20-15)14-6-2-1-3-7-14/h1-3,6-9,18-19H,4-5,10-13H2. The summed E-state index contributed by atoms with van der Waals surface area (Å²) in [7, 11) is 0. The molecule has 3 heteroatoms. The van der Waals surface area contributed by atoms with Crippen LogP contribution in [0.2, 0.25) is 0 Å². The Morgan fingerprint density at radius 3 is 2.55 bits per heavy atom. The summed E-state index contributed by atoms with van der Waals surface area (Å²) in [4.78, 5) is 2.63. The first-order chi connectivity index (χ1) is 9.75. The molecule has 0 radical (unpaired) electrons. The van der Waals surface area contributed by atoms with E-state index >= 15 is 0 Å². The maximum Gasteiger partial charge on any atom is 0.0771 e. The lowest BCUT2D eigenvalue weighted by atomic mass is 10.0. The van der Waals surface area contributed by atoms with Crippen molar-refractivity contribution in [3.63, 3.8) is 0 Å². The molecule has 2 N–H and O–H groups in total. The maximum absolute atomic E-state index is 10.3. The zero-order valence-electron chi connectivity index (χ0n) is 11.6. The Kier molecular flexibility index (Phi) is 4.20. The first-order valence-corrected chi connectivity index (χ1v) is 8.14. The van der Waals surface area contributed by atoms with Crippen LogP contribution in [0.4, 0.5) is 0 Å². The van der Waals surface area contributed by atoms with E-state index in [4.69, 9.17) is 0 Å². The first-order valence-electron chi connectivity index (χ1n) is 7.32. The Morgan fingerprint density at radius 1 is 1.05 bits per heavy atom. The molecule has 0 bridgehead atoms. The highest BCUT2D eigenvalue weighted by Crippen LogP contribution is 2.30. The second-order valence-electron chi connectivity index (χ2n) is 5.67. The van der Waals surface area contributed by atoms with E-state index in [1.165, 1.54) is 15.3 Å². The predicted octanol–water partition coefficient (Wildman–Crippen LogP) is 3.81. The number of thiophene rings is 1. The van der Waals surface area contributed by atoms with Gasteiger partial charge in [-0.2, -0.15) is 0 Å². The van der Waals surface area contributed by atoms with Gasteiger partial charge < -0.3 is 10.4 Å². The van der Waals surface area contributed by atoms with Crippen molar-refractivity contribution in [2.24, 2.45) is 0 Å². The van der Waals surface area contributed by atoms with Gasteiger partial charge in [0.2, 0.25) is 0 Å². The molecule has 0 aliphatic heterocycles. The molecule has 1 fully saturated rings. The molecule has 0 spiro atoms. The summed E-state index contributed by atoms with van der Waals surface area (Å²) in [5.41, 5.74) is 0.817. The minimum atomic E-state index is -0.459. The van der Waals surface area contributed by atoms with Gasteiger partial charge in [0.15, 0.2) is 0 Å². The molecule has 1 aliphatic carbocycles. The molecule has 1 aromatic heterocycles. The minimum absolute atomic E-state index is 0.459. The molecule has 1 aliphatic rings. The van der Waals surface area contributed by atoms with Gasteiger partial charge in [-0.3, -0.25) is 0 Å². The van der Waals surface area contributed by atoms with Crippen molar-refractivity contribution in [2.45, 2.75) is 37.8 Å². The van der Waals surface area contributed by atoms with Gasteiger partial charge in [0.25, 0.3) is 0 Å². The Hall–Kier alpha value is -1.16. The molecule has 2 nitrogen and oxygen atoms in total. The highest BCUT2D eigenvalue weighted by Gasteiger charge is 2.30. The van der Waals surface area contributed by atoms with Crippen molar-refractivity contribution in [3.8, 4) is 10.4 Å². The van der Waals surface area contributed by atoms with E-state index in [0.29, 0.717) is 6.54 Å². The molecule has 3 rings (SSSR count). The lowest BCUT2D eigenvalue weighted by Gasteiger charge is -2.22. The molecule has 106 valence electrons. The van der Waals surface area contributed by atoms with E-state index in [1.54, 1.807) is 0 Å². The van der Waals surface area contributed by atoms with Crippen LogP contribution >= 0.6 is 11.3 Å². The monoisotopic (exact) mass is 287 g/mol. The molecular formula is C17H21NOS. The quantitative estimate of drug-likeness (QED) is 0.876. The lowest BCUT2D eigenvalue weighted by Crippen LogP contribution is -2.37. The Balaban J connectivity index is 1.55. The number of benzene rings is 1. The van der Waals surface area contributed by atoms with Gasteiger partial charge in [0.05, 0.1) is 5.60 Å². The summed E-state index contributed by atoms with van der Waals surface area (Å²) < 4.78 is 0. The number of hydrogen-bond acceptors (Lipinski definition) is 3. The molecule has 1 heterocycles. The molecule has 0 saturated heterocycles. The summed E-state index contributed by atoms with van der Waals surface area (Å²) in [5.74, 6) is 0. The van der Waals surface area contributed by atoms with E-state index in [9.17, 15) is 5.11 Å². The normalized spacial score (nSPS) is 17.4. The third-order valence-electron chi connectivity index (χ3n) is 4.01. The number of rotatable bonds is 5. The van der Waals surface area contributed by atoms with Crippen molar-refractivity contribution in [1.82, 2.24) is 5.32 Å². The number of hydrogen-bond donors (Lipinski definition) is 2. The SMILES string of the molecule is OC1(CNCc2ccc(-c3ccccc3)s2)CCCC1. The van der Waals surface area contributed by atoms with Crippen LogP contribution in [0, 0.1) is 0 Å². The molecule has 1 saturated carbocycles. The highest BCUT2D eigenvalue weighted by molar-refractivity contribution is 7.15. The van der Waals surface area contributed by atoms with Crippen LogP contribution in [-0.2, 0) is 6.54 Å². The molecule has 0 unspecified atom stereocenters. The lowest BCUT2D eigenvalue weighted by molar-refractivity contribution is 0.0475. The summed E-state index contributed by atoms with van der Waals surface area (Å²) in [6.45, 7) is 1.56. The zero-order valence-corrected chi connectivity index (χ0v) is 12.5. The van der Waals surface area contributed by atoms with Crippen molar-refractivity contribution < 1.29 is 5.11 Å². The van der Waals surface area contributed by atoms with Gasteiger partial charge in [-0.15, -0.1) is 11.3 Å². The zero-order chi connectivity index (χ0) is 13.8. The molecular weight excluding hydrogens is 266 g/mol. The van der Waals surface area contributed by atoms with Gasteiger partial charge >= 0.3 is 0 Å². The van der Waals surface area contributed by atoms with E-state index < -0.39 is 5.60 Å². The maximum atomic E-state index is 10.3. The Bertz CT molecular complexity index is 543. The van der Waals surface area contributed by atoms with Crippen molar-refractivity contribution >= 4 is 11.3 Å². The van der Waals surface area contributed by atoms with Crippen LogP contribution in [0.25, 0.3) is 10.4 Å². The van der Waals surface area contributed by atoms with Gasteiger partial charge in [-0.25, -0.2) is 0 Å².